The molecule has 2 fully saturated rings. The van der Waals surface area contributed by atoms with Gasteiger partial charge in [-0.1, -0.05) is 13.8 Å². The summed E-state index contributed by atoms with van der Waals surface area (Å²) in [6.45, 7) is 7.86. The highest BCUT2D eigenvalue weighted by Crippen LogP contribution is 2.23. The zero-order chi connectivity index (χ0) is 13.5. The lowest BCUT2D eigenvalue weighted by molar-refractivity contribution is 0.0394. The smallest absolute Gasteiger partial charge is 0.0704 e. The predicted molar refractivity (Wildman–Crippen MR) is 80.5 cm³/mol. The number of hydrogen-bond acceptors (Lipinski definition) is 3. The molecular weight excluding hydrogens is 236 g/mol. The molecule has 2 aliphatic rings. The van der Waals surface area contributed by atoms with Crippen molar-refractivity contribution in [2.75, 3.05) is 19.6 Å². The lowest BCUT2D eigenvalue weighted by Crippen LogP contribution is -2.29. The van der Waals surface area contributed by atoms with E-state index in [1.165, 1.54) is 51.5 Å². The zero-order valence-electron chi connectivity index (χ0n) is 12.8. The molecule has 0 radical (unpaired) electrons. The van der Waals surface area contributed by atoms with Crippen LogP contribution in [-0.4, -0.2) is 37.9 Å². The number of ether oxygens (including phenoxy) is 1. The Kier molecular flexibility index (Phi) is 6.62. The molecular formula is C16H32N2O. The molecule has 0 aromatic rings. The maximum Gasteiger partial charge on any atom is 0.0704 e. The molecule has 2 unspecified atom stereocenters. The van der Waals surface area contributed by atoms with E-state index in [9.17, 15) is 0 Å². The molecule has 112 valence electrons. The summed E-state index contributed by atoms with van der Waals surface area (Å²) in [6, 6.07) is 0.860. The van der Waals surface area contributed by atoms with Gasteiger partial charge in [0.25, 0.3) is 0 Å². The predicted octanol–water partition coefficient (Wildman–Crippen LogP) is 2.70. The van der Waals surface area contributed by atoms with E-state index in [0.29, 0.717) is 12.2 Å². The fraction of sp³-hybridized carbons (Fsp3) is 1.00. The topological polar surface area (TPSA) is 33.3 Å². The van der Waals surface area contributed by atoms with Crippen LogP contribution in [-0.2, 0) is 4.74 Å². The Morgan fingerprint density at radius 1 is 1.05 bits per heavy atom. The molecule has 0 spiro atoms. The fourth-order valence-corrected chi connectivity index (χ4v) is 2.77. The fourth-order valence-electron chi connectivity index (χ4n) is 2.77. The van der Waals surface area contributed by atoms with Crippen LogP contribution in [0.1, 0.15) is 58.8 Å². The molecule has 2 rings (SSSR count). The van der Waals surface area contributed by atoms with Gasteiger partial charge in [-0.05, 0) is 64.0 Å². The van der Waals surface area contributed by atoms with Crippen LogP contribution < -0.4 is 10.6 Å². The van der Waals surface area contributed by atoms with E-state index in [1.807, 2.05) is 0 Å². The van der Waals surface area contributed by atoms with Gasteiger partial charge in [-0.3, -0.25) is 0 Å². The second kappa shape index (κ2) is 8.23. The highest BCUT2D eigenvalue weighted by molar-refractivity contribution is 4.80. The van der Waals surface area contributed by atoms with E-state index in [1.54, 1.807) is 0 Å². The van der Waals surface area contributed by atoms with Gasteiger partial charge in [0.2, 0.25) is 0 Å². The summed E-state index contributed by atoms with van der Waals surface area (Å²) in [6.07, 6.45) is 10.2. The first-order valence-electron chi connectivity index (χ1n) is 8.33. The Hall–Kier alpha value is -0.120. The zero-order valence-corrected chi connectivity index (χ0v) is 12.8. The van der Waals surface area contributed by atoms with Crippen LogP contribution in [0.5, 0.6) is 0 Å². The van der Waals surface area contributed by atoms with Gasteiger partial charge in [0, 0.05) is 12.6 Å². The molecule has 1 aliphatic carbocycles. The van der Waals surface area contributed by atoms with Crippen LogP contribution in [0, 0.1) is 5.92 Å². The summed E-state index contributed by atoms with van der Waals surface area (Å²) < 4.78 is 6.10. The van der Waals surface area contributed by atoms with E-state index in [4.69, 9.17) is 4.74 Å². The SMILES string of the molecule is CC(C)CNCC1CCC(CCCCNC2CC2)O1. The highest BCUT2D eigenvalue weighted by Gasteiger charge is 2.24. The van der Waals surface area contributed by atoms with Crippen molar-refractivity contribution in [3.05, 3.63) is 0 Å². The van der Waals surface area contributed by atoms with Crippen LogP contribution in [0.2, 0.25) is 0 Å². The van der Waals surface area contributed by atoms with Crippen LogP contribution in [0.4, 0.5) is 0 Å². The van der Waals surface area contributed by atoms with Gasteiger partial charge in [-0.2, -0.15) is 0 Å². The van der Waals surface area contributed by atoms with Gasteiger partial charge < -0.3 is 15.4 Å². The summed E-state index contributed by atoms with van der Waals surface area (Å²) in [4.78, 5) is 0. The lowest BCUT2D eigenvalue weighted by atomic mass is 10.1. The molecule has 0 bridgehead atoms. The first-order valence-corrected chi connectivity index (χ1v) is 8.33. The maximum atomic E-state index is 6.10. The van der Waals surface area contributed by atoms with E-state index < -0.39 is 0 Å². The number of unbranched alkanes of at least 4 members (excludes halogenated alkanes) is 1. The molecule has 1 saturated carbocycles. The Morgan fingerprint density at radius 2 is 1.84 bits per heavy atom. The van der Waals surface area contributed by atoms with Crippen molar-refractivity contribution in [1.29, 1.82) is 0 Å². The van der Waals surface area contributed by atoms with Gasteiger partial charge in [0.15, 0.2) is 0 Å². The quantitative estimate of drug-likeness (QED) is 0.598. The van der Waals surface area contributed by atoms with Gasteiger partial charge in [0.1, 0.15) is 0 Å². The van der Waals surface area contributed by atoms with Crippen molar-refractivity contribution in [2.45, 2.75) is 77.0 Å². The average molecular weight is 268 g/mol. The van der Waals surface area contributed by atoms with Crippen molar-refractivity contribution in [3.63, 3.8) is 0 Å². The third kappa shape index (κ3) is 6.73. The standard InChI is InChI=1S/C16H32N2O/c1-13(2)11-17-12-16-9-8-15(19-16)5-3-4-10-18-14-6-7-14/h13-18H,3-12H2,1-2H3. The van der Waals surface area contributed by atoms with Crippen molar-refractivity contribution in [1.82, 2.24) is 10.6 Å². The largest absolute Gasteiger partial charge is 0.374 e. The minimum absolute atomic E-state index is 0.466. The van der Waals surface area contributed by atoms with E-state index in [0.717, 1.165) is 25.0 Å². The summed E-state index contributed by atoms with van der Waals surface area (Å²) in [7, 11) is 0. The number of hydrogen-bond donors (Lipinski definition) is 2. The summed E-state index contributed by atoms with van der Waals surface area (Å²) in [5.41, 5.74) is 0. The summed E-state index contributed by atoms with van der Waals surface area (Å²) in [5, 5.41) is 7.09. The highest BCUT2D eigenvalue weighted by atomic mass is 16.5. The Morgan fingerprint density at radius 3 is 2.58 bits per heavy atom. The number of rotatable bonds is 10. The van der Waals surface area contributed by atoms with E-state index >= 15 is 0 Å². The van der Waals surface area contributed by atoms with Gasteiger partial charge >= 0.3 is 0 Å². The minimum Gasteiger partial charge on any atom is -0.374 e. The Balaban J connectivity index is 1.42. The third-order valence-electron chi connectivity index (χ3n) is 4.08. The first kappa shape index (κ1) is 15.3. The van der Waals surface area contributed by atoms with Crippen molar-refractivity contribution in [3.8, 4) is 0 Å². The Bertz CT molecular complexity index is 241. The van der Waals surface area contributed by atoms with Crippen molar-refractivity contribution in [2.24, 2.45) is 5.92 Å². The molecule has 1 heterocycles. The van der Waals surface area contributed by atoms with Crippen molar-refractivity contribution < 1.29 is 4.74 Å². The van der Waals surface area contributed by atoms with Gasteiger partial charge in [0.05, 0.1) is 12.2 Å². The van der Waals surface area contributed by atoms with Crippen LogP contribution in [0.3, 0.4) is 0 Å². The van der Waals surface area contributed by atoms with Crippen LogP contribution in [0.25, 0.3) is 0 Å². The second-order valence-corrected chi connectivity index (χ2v) is 6.73. The molecule has 1 saturated heterocycles. The van der Waals surface area contributed by atoms with Crippen LogP contribution >= 0.6 is 0 Å². The summed E-state index contributed by atoms with van der Waals surface area (Å²) >= 11 is 0. The second-order valence-electron chi connectivity index (χ2n) is 6.73. The molecule has 0 aromatic carbocycles. The lowest BCUT2D eigenvalue weighted by Gasteiger charge is -2.15. The normalized spacial score (nSPS) is 27.3. The monoisotopic (exact) mass is 268 g/mol. The summed E-state index contributed by atoms with van der Waals surface area (Å²) in [5.74, 6) is 0.733. The van der Waals surface area contributed by atoms with E-state index in [2.05, 4.69) is 24.5 Å². The third-order valence-corrected chi connectivity index (χ3v) is 4.08. The molecule has 3 nitrogen and oxygen atoms in total. The van der Waals surface area contributed by atoms with Crippen molar-refractivity contribution >= 4 is 0 Å². The molecule has 2 atom stereocenters. The van der Waals surface area contributed by atoms with Gasteiger partial charge in [-0.25, -0.2) is 0 Å². The molecule has 3 heteroatoms. The maximum absolute atomic E-state index is 6.10. The van der Waals surface area contributed by atoms with E-state index in [-0.39, 0.29) is 0 Å². The molecule has 0 aromatic heterocycles. The average Bonchev–Trinajstić information content (AvgIpc) is 3.08. The number of nitrogens with one attached hydrogen (secondary N) is 2. The minimum atomic E-state index is 0.466. The molecule has 0 amide bonds. The van der Waals surface area contributed by atoms with Crippen LogP contribution in [0.15, 0.2) is 0 Å². The Labute approximate surface area is 118 Å². The van der Waals surface area contributed by atoms with Gasteiger partial charge in [-0.15, -0.1) is 0 Å². The molecule has 1 aliphatic heterocycles. The first-order chi connectivity index (χ1) is 9.24. The molecule has 19 heavy (non-hydrogen) atoms. The molecule has 2 N–H and O–H groups in total.